The number of anilines is 1. The predicted molar refractivity (Wildman–Crippen MR) is 111 cm³/mol. The molecule has 1 aliphatic rings. The average molecular weight is 430 g/mol. The zero-order chi connectivity index (χ0) is 16.1. The fourth-order valence-corrected chi connectivity index (χ4v) is 2.92. The number of guanidine groups is 1. The zero-order valence-electron chi connectivity index (χ0n) is 15.1. The van der Waals surface area contributed by atoms with Gasteiger partial charge in [-0.25, -0.2) is 4.99 Å². The van der Waals surface area contributed by atoms with E-state index in [0.29, 0.717) is 0 Å². The van der Waals surface area contributed by atoms with Crippen molar-refractivity contribution in [3.8, 4) is 0 Å². The van der Waals surface area contributed by atoms with E-state index in [-0.39, 0.29) is 24.0 Å². The topological polar surface area (TPSA) is 22.1 Å². The number of halogens is 1. The minimum Gasteiger partial charge on any atom is -0.372 e. The Labute approximate surface area is 158 Å². The summed E-state index contributed by atoms with van der Waals surface area (Å²) in [6, 6.07) is 8.90. The van der Waals surface area contributed by atoms with Crippen molar-refractivity contribution in [2.75, 3.05) is 46.2 Å². The standard InChI is InChI=1S/C18H30N4.HI/c1-15-10-12-22(13-11-15)17-8-6-16(7-9-17)14-19-18(20(2)3)21(4)5;/h6-9,15H,10-14H2,1-5H3;1H. The molecule has 0 amide bonds. The molecule has 0 aliphatic carbocycles. The van der Waals surface area contributed by atoms with Crippen LogP contribution in [-0.4, -0.2) is 57.0 Å². The molecule has 1 aliphatic heterocycles. The van der Waals surface area contributed by atoms with Gasteiger partial charge in [0.25, 0.3) is 0 Å². The Kier molecular flexibility index (Phi) is 8.16. The maximum atomic E-state index is 4.70. The van der Waals surface area contributed by atoms with E-state index in [1.165, 1.54) is 37.2 Å². The van der Waals surface area contributed by atoms with Gasteiger partial charge in [0, 0.05) is 47.0 Å². The van der Waals surface area contributed by atoms with Crippen LogP contribution < -0.4 is 4.90 Å². The second kappa shape index (κ2) is 9.35. The van der Waals surface area contributed by atoms with Gasteiger partial charge < -0.3 is 14.7 Å². The second-order valence-electron chi connectivity index (χ2n) is 6.74. The van der Waals surface area contributed by atoms with Crippen LogP contribution in [0.1, 0.15) is 25.3 Å². The molecule has 0 bridgehead atoms. The summed E-state index contributed by atoms with van der Waals surface area (Å²) < 4.78 is 0. The first-order valence-corrected chi connectivity index (χ1v) is 8.20. The van der Waals surface area contributed by atoms with Gasteiger partial charge in [-0.05, 0) is 36.5 Å². The number of piperidine rings is 1. The van der Waals surface area contributed by atoms with Crippen LogP contribution in [0.5, 0.6) is 0 Å². The fourth-order valence-electron chi connectivity index (χ4n) is 2.92. The minimum atomic E-state index is 0. The molecule has 5 heteroatoms. The smallest absolute Gasteiger partial charge is 0.195 e. The lowest BCUT2D eigenvalue weighted by Gasteiger charge is -2.32. The average Bonchev–Trinajstić information content (AvgIpc) is 2.48. The van der Waals surface area contributed by atoms with Gasteiger partial charge in [0.05, 0.1) is 6.54 Å². The second-order valence-corrected chi connectivity index (χ2v) is 6.74. The molecule has 0 radical (unpaired) electrons. The molecular formula is C18H31IN4. The maximum absolute atomic E-state index is 4.70. The third kappa shape index (κ3) is 5.86. The Morgan fingerprint density at radius 3 is 2.04 bits per heavy atom. The number of hydrogen-bond acceptors (Lipinski definition) is 2. The highest BCUT2D eigenvalue weighted by atomic mass is 127. The van der Waals surface area contributed by atoms with Crippen molar-refractivity contribution in [1.82, 2.24) is 9.80 Å². The van der Waals surface area contributed by atoms with E-state index in [1.54, 1.807) is 0 Å². The van der Waals surface area contributed by atoms with Crippen molar-refractivity contribution in [1.29, 1.82) is 0 Å². The first kappa shape index (κ1) is 20.1. The van der Waals surface area contributed by atoms with Gasteiger partial charge in [-0.3, -0.25) is 0 Å². The van der Waals surface area contributed by atoms with Crippen LogP contribution >= 0.6 is 24.0 Å². The van der Waals surface area contributed by atoms with Gasteiger partial charge in [0.15, 0.2) is 5.96 Å². The van der Waals surface area contributed by atoms with Crippen molar-refractivity contribution in [3.63, 3.8) is 0 Å². The summed E-state index contributed by atoms with van der Waals surface area (Å²) in [5.74, 6) is 1.87. The van der Waals surface area contributed by atoms with Crippen molar-refractivity contribution in [2.45, 2.75) is 26.3 Å². The van der Waals surface area contributed by atoms with Gasteiger partial charge in [-0.1, -0.05) is 19.1 Å². The molecule has 0 unspecified atom stereocenters. The van der Waals surface area contributed by atoms with Crippen LogP contribution in [0.4, 0.5) is 5.69 Å². The molecule has 1 aromatic carbocycles. The van der Waals surface area contributed by atoms with Gasteiger partial charge >= 0.3 is 0 Å². The van der Waals surface area contributed by atoms with E-state index in [0.717, 1.165) is 18.4 Å². The van der Waals surface area contributed by atoms with E-state index < -0.39 is 0 Å². The molecule has 0 saturated carbocycles. The molecule has 0 aromatic heterocycles. The normalized spacial score (nSPS) is 14.9. The Morgan fingerprint density at radius 2 is 1.57 bits per heavy atom. The van der Waals surface area contributed by atoms with Crippen molar-refractivity contribution in [3.05, 3.63) is 29.8 Å². The summed E-state index contributed by atoms with van der Waals surface area (Å²) in [7, 11) is 8.11. The Hall–Kier alpha value is -0.980. The lowest BCUT2D eigenvalue weighted by molar-refractivity contribution is 0.438. The summed E-state index contributed by atoms with van der Waals surface area (Å²) in [4.78, 5) is 11.3. The Balaban J connectivity index is 0.00000264. The van der Waals surface area contributed by atoms with Crippen molar-refractivity contribution in [2.24, 2.45) is 10.9 Å². The van der Waals surface area contributed by atoms with Crippen LogP contribution in [0, 0.1) is 5.92 Å². The molecule has 1 heterocycles. The maximum Gasteiger partial charge on any atom is 0.195 e. The monoisotopic (exact) mass is 430 g/mol. The predicted octanol–water partition coefficient (Wildman–Crippen LogP) is 3.52. The van der Waals surface area contributed by atoms with Crippen LogP contribution in [0.25, 0.3) is 0 Å². The van der Waals surface area contributed by atoms with Gasteiger partial charge in [0.1, 0.15) is 0 Å². The molecule has 130 valence electrons. The fraction of sp³-hybridized carbons (Fsp3) is 0.611. The third-order valence-corrected chi connectivity index (χ3v) is 4.29. The van der Waals surface area contributed by atoms with Gasteiger partial charge in [-0.15, -0.1) is 24.0 Å². The number of rotatable bonds is 3. The highest BCUT2D eigenvalue weighted by Crippen LogP contribution is 2.23. The van der Waals surface area contributed by atoms with Crippen LogP contribution in [0.3, 0.4) is 0 Å². The number of aliphatic imine (C=N–C) groups is 1. The van der Waals surface area contributed by atoms with Gasteiger partial charge in [0.2, 0.25) is 0 Å². The molecule has 2 rings (SSSR count). The lowest BCUT2D eigenvalue weighted by Crippen LogP contribution is -2.35. The molecule has 23 heavy (non-hydrogen) atoms. The van der Waals surface area contributed by atoms with E-state index in [9.17, 15) is 0 Å². The van der Waals surface area contributed by atoms with Crippen LogP contribution in [0.15, 0.2) is 29.3 Å². The minimum absolute atomic E-state index is 0. The van der Waals surface area contributed by atoms with E-state index in [1.807, 2.05) is 38.0 Å². The summed E-state index contributed by atoms with van der Waals surface area (Å²) in [5, 5.41) is 0. The zero-order valence-corrected chi connectivity index (χ0v) is 17.4. The molecule has 0 N–H and O–H groups in total. The highest BCUT2D eigenvalue weighted by molar-refractivity contribution is 14.0. The highest BCUT2D eigenvalue weighted by Gasteiger charge is 2.15. The molecule has 1 aromatic rings. The quantitative estimate of drug-likeness (QED) is 0.416. The lowest BCUT2D eigenvalue weighted by atomic mass is 9.99. The third-order valence-electron chi connectivity index (χ3n) is 4.29. The summed E-state index contributed by atoms with van der Waals surface area (Å²) in [6.07, 6.45) is 2.61. The largest absolute Gasteiger partial charge is 0.372 e. The molecule has 0 atom stereocenters. The molecule has 4 nitrogen and oxygen atoms in total. The molecular weight excluding hydrogens is 399 g/mol. The number of benzene rings is 1. The summed E-state index contributed by atoms with van der Waals surface area (Å²) in [6.45, 7) is 5.45. The van der Waals surface area contributed by atoms with E-state index in [4.69, 9.17) is 4.99 Å². The van der Waals surface area contributed by atoms with E-state index in [2.05, 4.69) is 36.1 Å². The van der Waals surface area contributed by atoms with Crippen LogP contribution in [0.2, 0.25) is 0 Å². The van der Waals surface area contributed by atoms with Gasteiger partial charge in [-0.2, -0.15) is 0 Å². The van der Waals surface area contributed by atoms with E-state index >= 15 is 0 Å². The summed E-state index contributed by atoms with van der Waals surface area (Å²) in [5.41, 5.74) is 2.61. The Morgan fingerprint density at radius 1 is 1.04 bits per heavy atom. The number of nitrogens with zero attached hydrogens (tertiary/aromatic N) is 4. The number of hydrogen-bond donors (Lipinski definition) is 0. The Bertz CT molecular complexity index is 478. The molecule has 1 fully saturated rings. The van der Waals surface area contributed by atoms with Crippen molar-refractivity contribution < 1.29 is 0 Å². The first-order chi connectivity index (χ1) is 10.5. The SMILES string of the molecule is CC1CCN(c2ccc(CN=C(N(C)C)N(C)C)cc2)CC1.I. The first-order valence-electron chi connectivity index (χ1n) is 8.20. The van der Waals surface area contributed by atoms with Crippen molar-refractivity contribution >= 4 is 35.6 Å². The van der Waals surface area contributed by atoms with Crippen LogP contribution in [-0.2, 0) is 6.54 Å². The summed E-state index contributed by atoms with van der Waals surface area (Å²) >= 11 is 0. The molecule has 0 spiro atoms. The molecule has 1 saturated heterocycles.